The van der Waals surface area contributed by atoms with Crippen molar-refractivity contribution in [2.24, 2.45) is 7.05 Å². The van der Waals surface area contributed by atoms with Gasteiger partial charge in [0.2, 0.25) is 0 Å². The standard InChI is InChI=1S/C17H13ClN2O/c1-20-16-5-3-2-4-14(16)19-15(17(20)21)11-8-12-6-9-13(18)10-7-12/h2-11H,1H3. The third-order valence-electron chi connectivity index (χ3n) is 3.31. The Balaban J connectivity index is 2.06. The first-order chi connectivity index (χ1) is 10.1. The minimum absolute atomic E-state index is 0.112. The Morgan fingerprint density at radius 2 is 1.76 bits per heavy atom. The molecule has 0 atom stereocenters. The highest BCUT2D eigenvalue weighted by atomic mass is 35.5. The third kappa shape index (κ3) is 2.73. The van der Waals surface area contributed by atoms with Crippen LogP contribution in [-0.2, 0) is 7.05 Å². The summed E-state index contributed by atoms with van der Waals surface area (Å²) in [6, 6.07) is 15.0. The van der Waals surface area contributed by atoms with Crippen molar-refractivity contribution in [1.82, 2.24) is 9.55 Å². The summed E-state index contributed by atoms with van der Waals surface area (Å²) in [4.78, 5) is 16.7. The molecule has 104 valence electrons. The zero-order valence-corrected chi connectivity index (χ0v) is 12.2. The minimum Gasteiger partial charge on any atom is -0.308 e. The van der Waals surface area contributed by atoms with Crippen LogP contribution in [0, 0.1) is 0 Å². The van der Waals surface area contributed by atoms with Crippen molar-refractivity contribution >= 4 is 34.8 Å². The monoisotopic (exact) mass is 296 g/mol. The van der Waals surface area contributed by atoms with Crippen LogP contribution in [0.2, 0.25) is 5.02 Å². The first-order valence-corrected chi connectivity index (χ1v) is 6.92. The third-order valence-corrected chi connectivity index (χ3v) is 3.56. The van der Waals surface area contributed by atoms with Gasteiger partial charge in [-0.2, -0.15) is 0 Å². The molecule has 0 amide bonds. The Morgan fingerprint density at radius 1 is 1.05 bits per heavy atom. The molecule has 1 heterocycles. The lowest BCUT2D eigenvalue weighted by Gasteiger charge is -2.05. The maximum absolute atomic E-state index is 12.3. The number of aryl methyl sites for hydroxylation is 1. The van der Waals surface area contributed by atoms with Gasteiger partial charge in [0.05, 0.1) is 11.0 Å². The van der Waals surface area contributed by atoms with Gasteiger partial charge >= 0.3 is 0 Å². The molecule has 0 saturated carbocycles. The van der Waals surface area contributed by atoms with E-state index in [1.165, 1.54) is 0 Å². The van der Waals surface area contributed by atoms with Gasteiger partial charge in [-0.1, -0.05) is 41.9 Å². The first kappa shape index (κ1) is 13.6. The number of para-hydroxylation sites is 2. The molecule has 0 aliphatic rings. The highest BCUT2D eigenvalue weighted by Crippen LogP contribution is 2.13. The maximum atomic E-state index is 12.3. The number of hydrogen-bond acceptors (Lipinski definition) is 2. The molecule has 3 nitrogen and oxygen atoms in total. The van der Waals surface area contributed by atoms with Gasteiger partial charge in [-0.3, -0.25) is 4.79 Å². The summed E-state index contributed by atoms with van der Waals surface area (Å²) in [6.07, 6.45) is 3.59. The van der Waals surface area contributed by atoms with Gasteiger partial charge in [-0.15, -0.1) is 0 Å². The number of fused-ring (bicyclic) bond motifs is 1. The number of hydrogen-bond donors (Lipinski definition) is 0. The molecule has 0 saturated heterocycles. The number of halogens is 1. The van der Waals surface area contributed by atoms with Gasteiger partial charge in [0.15, 0.2) is 0 Å². The largest absolute Gasteiger partial charge is 0.308 e. The van der Waals surface area contributed by atoms with Crippen molar-refractivity contribution in [1.29, 1.82) is 0 Å². The second-order valence-electron chi connectivity index (χ2n) is 4.73. The lowest BCUT2D eigenvalue weighted by Crippen LogP contribution is -2.21. The zero-order valence-electron chi connectivity index (χ0n) is 11.5. The predicted octanol–water partition coefficient (Wildman–Crippen LogP) is 3.76. The number of benzene rings is 2. The predicted molar refractivity (Wildman–Crippen MR) is 87.4 cm³/mol. The Hall–Kier alpha value is -2.39. The van der Waals surface area contributed by atoms with Gasteiger partial charge in [-0.05, 0) is 35.9 Å². The molecule has 21 heavy (non-hydrogen) atoms. The minimum atomic E-state index is -0.112. The van der Waals surface area contributed by atoms with E-state index in [1.54, 1.807) is 17.7 Å². The molecule has 0 fully saturated rings. The molecule has 0 bridgehead atoms. The van der Waals surface area contributed by atoms with Crippen molar-refractivity contribution < 1.29 is 0 Å². The first-order valence-electron chi connectivity index (χ1n) is 6.54. The topological polar surface area (TPSA) is 34.9 Å². The summed E-state index contributed by atoms with van der Waals surface area (Å²) >= 11 is 5.85. The fraction of sp³-hybridized carbons (Fsp3) is 0.0588. The molecular weight excluding hydrogens is 284 g/mol. The molecule has 0 aliphatic carbocycles. The summed E-state index contributed by atoms with van der Waals surface area (Å²) in [7, 11) is 1.76. The van der Waals surface area contributed by atoms with E-state index in [4.69, 9.17) is 11.6 Å². The van der Waals surface area contributed by atoms with Gasteiger partial charge in [0.25, 0.3) is 5.56 Å². The second kappa shape index (κ2) is 5.54. The quantitative estimate of drug-likeness (QED) is 0.722. The van der Waals surface area contributed by atoms with Gasteiger partial charge in [0, 0.05) is 12.1 Å². The van der Waals surface area contributed by atoms with Crippen molar-refractivity contribution in [3.63, 3.8) is 0 Å². The van der Waals surface area contributed by atoms with Crippen LogP contribution < -0.4 is 5.56 Å². The van der Waals surface area contributed by atoms with E-state index in [1.807, 2.05) is 54.6 Å². The van der Waals surface area contributed by atoms with E-state index in [2.05, 4.69) is 4.98 Å². The van der Waals surface area contributed by atoms with Crippen LogP contribution in [-0.4, -0.2) is 9.55 Å². The van der Waals surface area contributed by atoms with Crippen molar-refractivity contribution in [3.8, 4) is 0 Å². The summed E-state index contributed by atoms with van der Waals surface area (Å²) < 4.78 is 1.61. The Morgan fingerprint density at radius 3 is 2.52 bits per heavy atom. The average Bonchev–Trinajstić information content (AvgIpc) is 2.51. The summed E-state index contributed by atoms with van der Waals surface area (Å²) in [5.74, 6) is 0. The van der Waals surface area contributed by atoms with Crippen LogP contribution in [0.4, 0.5) is 0 Å². The average molecular weight is 297 g/mol. The maximum Gasteiger partial charge on any atom is 0.276 e. The molecule has 2 aromatic carbocycles. The van der Waals surface area contributed by atoms with Crippen LogP contribution in [0.3, 0.4) is 0 Å². The molecule has 4 heteroatoms. The second-order valence-corrected chi connectivity index (χ2v) is 5.17. The number of rotatable bonds is 2. The van der Waals surface area contributed by atoms with Gasteiger partial charge in [-0.25, -0.2) is 4.98 Å². The van der Waals surface area contributed by atoms with E-state index in [0.717, 1.165) is 16.6 Å². The molecule has 3 aromatic rings. The van der Waals surface area contributed by atoms with Crippen molar-refractivity contribution in [2.75, 3.05) is 0 Å². The lowest BCUT2D eigenvalue weighted by atomic mass is 10.2. The Labute approximate surface area is 127 Å². The van der Waals surface area contributed by atoms with Crippen LogP contribution in [0.1, 0.15) is 11.3 Å². The van der Waals surface area contributed by atoms with Crippen LogP contribution >= 0.6 is 11.6 Å². The van der Waals surface area contributed by atoms with Crippen molar-refractivity contribution in [2.45, 2.75) is 0 Å². The van der Waals surface area contributed by atoms with E-state index < -0.39 is 0 Å². The number of nitrogens with zero attached hydrogens (tertiary/aromatic N) is 2. The SMILES string of the molecule is Cn1c(=O)c(C=Cc2ccc(Cl)cc2)nc2ccccc21. The van der Waals surface area contributed by atoms with E-state index in [-0.39, 0.29) is 5.56 Å². The highest BCUT2D eigenvalue weighted by molar-refractivity contribution is 6.30. The summed E-state index contributed by atoms with van der Waals surface area (Å²) in [5, 5.41) is 0.687. The van der Waals surface area contributed by atoms with Crippen LogP contribution in [0.15, 0.2) is 53.3 Å². The molecule has 0 aliphatic heterocycles. The van der Waals surface area contributed by atoms with Crippen molar-refractivity contribution in [3.05, 3.63) is 75.2 Å². The smallest absolute Gasteiger partial charge is 0.276 e. The van der Waals surface area contributed by atoms with E-state index in [0.29, 0.717) is 10.7 Å². The number of aromatic nitrogens is 2. The molecule has 1 aromatic heterocycles. The molecular formula is C17H13ClN2O. The highest BCUT2D eigenvalue weighted by Gasteiger charge is 2.05. The fourth-order valence-electron chi connectivity index (χ4n) is 2.16. The molecule has 0 N–H and O–H groups in total. The zero-order chi connectivity index (χ0) is 14.8. The molecule has 3 rings (SSSR count). The normalized spacial score (nSPS) is 11.3. The Kier molecular flexibility index (Phi) is 3.59. The van der Waals surface area contributed by atoms with E-state index >= 15 is 0 Å². The summed E-state index contributed by atoms with van der Waals surface area (Å²) in [5.41, 5.74) is 2.91. The van der Waals surface area contributed by atoms with Crippen LogP contribution in [0.25, 0.3) is 23.2 Å². The Bertz CT molecular complexity index is 879. The molecule has 0 unspecified atom stereocenters. The molecule has 0 spiro atoms. The molecule has 0 radical (unpaired) electrons. The summed E-state index contributed by atoms with van der Waals surface area (Å²) in [6.45, 7) is 0. The van der Waals surface area contributed by atoms with Gasteiger partial charge < -0.3 is 4.57 Å². The fourth-order valence-corrected chi connectivity index (χ4v) is 2.28. The lowest BCUT2D eigenvalue weighted by molar-refractivity contribution is 0.887. The van der Waals surface area contributed by atoms with Crippen LogP contribution in [0.5, 0.6) is 0 Å². The van der Waals surface area contributed by atoms with E-state index in [9.17, 15) is 4.79 Å². The van der Waals surface area contributed by atoms with Gasteiger partial charge in [0.1, 0.15) is 5.69 Å².